The average molecular weight is 370 g/mol. The molecule has 1 aliphatic rings. The molecule has 1 aliphatic heterocycles. The lowest BCUT2D eigenvalue weighted by Gasteiger charge is -2.33. The first-order valence-electron chi connectivity index (χ1n) is 9.11. The van der Waals surface area contributed by atoms with Crippen LogP contribution in [0.25, 0.3) is 0 Å². The number of carbonyl (C=O) groups is 1. The quantitative estimate of drug-likeness (QED) is 0.660. The van der Waals surface area contributed by atoms with Crippen molar-refractivity contribution in [2.45, 2.75) is 50.6 Å². The molecule has 0 aliphatic carbocycles. The minimum atomic E-state index is -0.117. The molecule has 0 spiro atoms. The SMILES string of the molecule is CC(C)(C)SC(=O)N(Cc1ccccc1)[C@@H](Cc1ccccc1)[C@H]1CO1. The van der Waals surface area contributed by atoms with Gasteiger partial charge in [-0.15, -0.1) is 0 Å². The van der Waals surface area contributed by atoms with Gasteiger partial charge in [-0.3, -0.25) is 4.79 Å². The second kappa shape index (κ2) is 8.28. The maximum absolute atomic E-state index is 13.2. The molecule has 2 atom stereocenters. The molecule has 0 N–H and O–H groups in total. The molecule has 0 radical (unpaired) electrons. The average Bonchev–Trinajstić information content (AvgIpc) is 3.43. The second-order valence-electron chi connectivity index (χ2n) is 7.72. The number of ether oxygens (including phenoxy) is 1. The molecular weight excluding hydrogens is 342 g/mol. The molecule has 3 nitrogen and oxygen atoms in total. The van der Waals surface area contributed by atoms with Gasteiger partial charge in [-0.05, 0) is 17.5 Å². The number of epoxide rings is 1. The Kier molecular flexibility index (Phi) is 6.05. The topological polar surface area (TPSA) is 32.8 Å². The molecule has 1 amide bonds. The standard InChI is InChI=1S/C22H27NO2S/c1-22(2,3)26-21(24)23(15-18-12-8-5-9-13-18)19(20-16-25-20)14-17-10-6-4-7-11-17/h4-13,19-20H,14-16H2,1-3H3/t19-,20+/m0/s1. The van der Waals surface area contributed by atoms with Crippen LogP contribution < -0.4 is 0 Å². The van der Waals surface area contributed by atoms with Gasteiger partial charge in [-0.1, -0.05) is 93.2 Å². The highest BCUT2D eigenvalue weighted by Crippen LogP contribution is 2.32. The van der Waals surface area contributed by atoms with Gasteiger partial charge in [0.25, 0.3) is 5.24 Å². The Morgan fingerprint density at radius 2 is 1.62 bits per heavy atom. The molecule has 1 heterocycles. The predicted molar refractivity (Wildman–Crippen MR) is 108 cm³/mol. The van der Waals surface area contributed by atoms with Crippen molar-refractivity contribution >= 4 is 17.0 Å². The minimum absolute atomic E-state index is 0.0555. The molecule has 2 aromatic rings. The third-order valence-corrected chi connectivity index (χ3v) is 5.32. The van der Waals surface area contributed by atoms with Crippen LogP contribution in [0, 0.1) is 0 Å². The highest BCUT2D eigenvalue weighted by molar-refractivity contribution is 8.14. The van der Waals surface area contributed by atoms with Crippen LogP contribution in [0.15, 0.2) is 60.7 Å². The fraction of sp³-hybridized carbons (Fsp3) is 0.409. The lowest BCUT2D eigenvalue weighted by Crippen LogP contribution is -2.43. The Morgan fingerprint density at radius 1 is 1.08 bits per heavy atom. The van der Waals surface area contributed by atoms with Crippen molar-refractivity contribution < 1.29 is 9.53 Å². The largest absolute Gasteiger partial charge is 0.371 e. The minimum Gasteiger partial charge on any atom is -0.371 e. The molecular formula is C22H27NO2S. The molecule has 26 heavy (non-hydrogen) atoms. The molecule has 2 aromatic carbocycles. The third kappa shape index (κ3) is 5.61. The van der Waals surface area contributed by atoms with Crippen LogP contribution in [0.3, 0.4) is 0 Å². The molecule has 0 aromatic heterocycles. The summed E-state index contributed by atoms with van der Waals surface area (Å²) in [7, 11) is 0. The van der Waals surface area contributed by atoms with E-state index in [9.17, 15) is 4.79 Å². The summed E-state index contributed by atoms with van der Waals surface area (Å²) in [4.78, 5) is 15.2. The molecule has 3 rings (SSSR count). The summed E-state index contributed by atoms with van der Waals surface area (Å²) in [6.07, 6.45) is 0.942. The van der Waals surface area contributed by atoms with Crippen LogP contribution in [0.4, 0.5) is 4.79 Å². The Balaban J connectivity index is 1.84. The summed E-state index contributed by atoms with van der Waals surface area (Å²) in [6.45, 7) is 7.58. The number of nitrogens with zero attached hydrogens (tertiary/aromatic N) is 1. The van der Waals surface area contributed by atoms with Crippen LogP contribution >= 0.6 is 11.8 Å². The Bertz CT molecular complexity index is 708. The van der Waals surface area contributed by atoms with E-state index in [-0.39, 0.29) is 22.1 Å². The van der Waals surface area contributed by atoms with Gasteiger partial charge >= 0.3 is 0 Å². The third-order valence-electron chi connectivity index (χ3n) is 4.30. The highest BCUT2D eigenvalue weighted by Gasteiger charge is 2.39. The van der Waals surface area contributed by atoms with Crippen molar-refractivity contribution in [3.63, 3.8) is 0 Å². The summed E-state index contributed by atoms with van der Waals surface area (Å²) < 4.78 is 5.52. The summed E-state index contributed by atoms with van der Waals surface area (Å²) >= 11 is 1.40. The number of amides is 1. The van der Waals surface area contributed by atoms with Gasteiger partial charge in [-0.25, -0.2) is 0 Å². The van der Waals surface area contributed by atoms with Gasteiger partial charge in [0, 0.05) is 11.3 Å². The van der Waals surface area contributed by atoms with Gasteiger partial charge in [0.1, 0.15) is 6.10 Å². The molecule has 1 fully saturated rings. The van der Waals surface area contributed by atoms with Crippen LogP contribution in [0.5, 0.6) is 0 Å². The number of carbonyl (C=O) groups excluding carboxylic acids is 1. The number of hydrogen-bond donors (Lipinski definition) is 0. The van der Waals surface area contributed by atoms with Crippen molar-refractivity contribution in [2.75, 3.05) is 6.61 Å². The van der Waals surface area contributed by atoms with E-state index < -0.39 is 0 Å². The van der Waals surface area contributed by atoms with Gasteiger partial charge < -0.3 is 9.64 Å². The van der Waals surface area contributed by atoms with E-state index in [0.29, 0.717) is 6.54 Å². The number of benzene rings is 2. The van der Waals surface area contributed by atoms with E-state index in [1.54, 1.807) is 0 Å². The molecule has 0 saturated carbocycles. The molecule has 1 saturated heterocycles. The number of rotatable bonds is 6. The van der Waals surface area contributed by atoms with Crippen LogP contribution in [0.2, 0.25) is 0 Å². The zero-order valence-corrected chi connectivity index (χ0v) is 16.5. The molecule has 4 heteroatoms. The van der Waals surface area contributed by atoms with E-state index >= 15 is 0 Å². The van der Waals surface area contributed by atoms with Gasteiger partial charge in [-0.2, -0.15) is 0 Å². The first-order chi connectivity index (χ1) is 12.4. The van der Waals surface area contributed by atoms with E-state index in [4.69, 9.17) is 4.74 Å². The predicted octanol–water partition coefficient (Wildman–Crippen LogP) is 5.15. The molecule has 0 bridgehead atoms. The van der Waals surface area contributed by atoms with Gasteiger partial charge in [0.05, 0.1) is 12.6 Å². The van der Waals surface area contributed by atoms with Crippen molar-refractivity contribution in [3.8, 4) is 0 Å². The van der Waals surface area contributed by atoms with Crippen LogP contribution in [-0.4, -0.2) is 33.6 Å². The van der Waals surface area contributed by atoms with E-state index in [0.717, 1.165) is 18.6 Å². The lowest BCUT2D eigenvalue weighted by molar-refractivity contribution is 0.174. The smallest absolute Gasteiger partial charge is 0.282 e. The lowest BCUT2D eigenvalue weighted by atomic mass is 10.0. The van der Waals surface area contributed by atoms with E-state index in [1.165, 1.54) is 17.3 Å². The fourth-order valence-corrected chi connectivity index (χ4v) is 3.83. The number of hydrogen-bond acceptors (Lipinski definition) is 3. The van der Waals surface area contributed by atoms with E-state index in [1.807, 2.05) is 41.3 Å². The maximum atomic E-state index is 13.2. The summed E-state index contributed by atoms with van der Waals surface area (Å²) in [5, 5.41) is 0.123. The van der Waals surface area contributed by atoms with Crippen molar-refractivity contribution in [1.29, 1.82) is 0 Å². The summed E-state index contributed by atoms with van der Waals surface area (Å²) in [5.41, 5.74) is 2.38. The summed E-state index contributed by atoms with van der Waals surface area (Å²) in [6, 6.07) is 20.6. The van der Waals surface area contributed by atoms with Crippen LogP contribution in [-0.2, 0) is 17.7 Å². The second-order valence-corrected chi connectivity index (χ2v) is 9.50. The van der Waals surface area contributed by atoms with Gasteiger partial charge in [0.2, 0.25) is 0 Å². The van der Waals surface area contributed by atoms with Crippen molar-refractivity contribution in [2.24, 2.45) is 0 Å². The highest BCUT2D eigenvalue weighted by atomic mass is 32.2. The zero-order chi connectivity index (χ0) is 18.6. The van der Waals surface area contributed by atoms with Crippen molar-refractivity contribution in [1.82, 2.24) is 4.90 Å². The first-order valence-corrected chi connectivity index (χ1v) is 9.93. The monoisotopic (exact) mass is 369 g/mol. The number of thioether (sulfide) groups is 1. The Labute approximate surface area is 160 Å². The van der Waals surface area contributed by atoms with Crippen LogP contribution in [0.1, 0.15) is 31.9 Å². The molecule has 138 valence electrons. The van der Waals surface area contributed by atoms with E-state index in [2.05, 4.69) is 45.0 Å². The Morgan fingerprint density at radius 3 is 2.12 bits per heavy atom. The Hall–Kier alpha value is -1.78. The zero-order valence-electron chi connectivity index (χ0n) is 15.7. The van der Waals surface area contributed by atoms with Gasteiger partial charge in [0.15, 0.2) is 0 Å². The van der Waals surface area contributed by atoms with Crippen molar-refractivity contribution in [3.05, 3.63) is 71.8 Å². The summed E-state index contributed by atoms with van der Waals surface area (Å²) in [5.74, 6) is 0. The normalized spacial score (nSPS) is 17.6. The fourth-order valence-electron chi connectivity index (χ4n) is 2.99. The first kappa shape index (κ1) is 19.0. The molecule has 0 unspecified atom stereocenters. The maximum Gasteiger partial charge on any atom is 0.282 e.